The molecule has 1 fully saturated rings. The van der Waals surface area contributed by atoms with Crippen molar-refractivity contribution in [2.24, 2.45) is 11.7 Å². The van der Waals surface area contributed by atoms with Crippen molar-refractivity contribution in [1.29, 1.82) is 0 Å². The third-order valence-electron chi connectivity index (χ3n) is 4.46. The van der Waals surface area contributed by atoms with Gasteiger partial charge in [0.05, 0.1) is 5.92 Å². The van der Waals surface area contributed by atoms with Crippen LogP contribution in [0.25, 0.3) is 0 Å². The monoisotopic (exact) mass is 301 g/mol. The number of carbonyl (C=O) groups excluding carboxylic acids is 1. The van der Waals surface area contributed by atoms with Crippen LogP contribution in [0.2, 0.25) is 0 Å². The van der Waals surface area contributed by atoms with Crippen molar-refractivity contribution in [2.45, 2.75) is 31.8 Å². The lowest BCUT2D eigenvalue weighted by molar-refractivity contribution is -0.126. The lowest BCUT2D eigenvalue weighted by Gasteiger charge is -2.32. The highest BCUT2D eigenvalue weighted by Gasteiger charge is 2.26. The first kappa shape index (κ1) is 16.7. The van der Waals surface area contributed by atoms with Crippen molar-refractivity contribution in [2.75, 3.05) is 19.6 Å². The minimum atomic E-state index is -0.262. The molecule has 2 unspecified atom stereocenters. The van der Waals surface area contributed by atoms with Gasteiger partial charge in [-0.1, -0.05) is 43.3 Å². The minimum Gasteiger partial charge on any atom is -0.353 e. The molecule has 1 amide bonds. The van der Waals surface area contributed by atoms with Gasteiger partial charge in [-0.25, -0.2) is 0 Å². The number of nitrogens with two attached hydrogens (primary N) is 1. The summed E-state index contributed by atoms with van der Waals surface area (Å²) in [5.41, 5.74) is 7.23. The zero-order valence-electron chi connectivity index (χ0n) is 13.4. The number of piperidine rings is 1. The molecule has 0 bridgehead atoms. The molecule has 4 heteroatoms. The minimum absolute atomic E-state index is 0.0542. The Kier molecular flexibility index (Phi) is 6.16. The van der Waals surface area contributed by atoms with Gasteiger partial charge in [0.25, 0.3) is 0 Å². The average molecular weight is 301 g/mol. The fourth-order valence-electron chi connectivity index (χ4n) is 2.90. The fourth-order valence-corrected chi connectivity index (χ4v) is 2.90. The van der Waals surface area contributed by atoms with Crippen molar-refractivity contribution in [3.63, 3.8) is 0 Å². The van der Waals surface area contributed by atoms with Gasteiger partial charge in [0.2, 0.25) is 5.91 Å². The molecular formula is C18H27N3O. The highest BCUT2D eigenvalue weighted by Crippen LogP contribution is 2.20. The Morgan fingerprint density at radius 2 is 2.05 bits per heavy atom. The molecule has 0 aliphatic carbocycles. The largest absolute Gasteiger partial charge is 0.353 e. The molecule has 4 nitrogen and oxygen atoms in total. The quantitative estimate of drug-likeness (QED) is 0.791. The van der Waals surface area contributed by atoms with E-state index in [0.717, 1.165) is 38.0 Å². The summed E-state index contributed by atoms with van der Waals surface area (Å²) in [5, 5.41) is 3.16. The number of hydrogen-bond donors (Lipinski definition) is 2. The topological polar surface area (TPSA) is 58.4 Å². The number of benzene rings is 1. The van der Waals surface area contributed by atoms with E-state index >= 15 is 0 Å². The summed E-state index contributed by atoms with van der Waals surface area (Å²) >= 11 is 0. The Morgan fingerprint density at radius 1 is 1.41 bits per heavy atom. The molecule has 1 heterocycles. The standard InChI is InChI=1S/C18H27N3O/c1-3-11-21-12-9-16(10-13-21)20-18(22)14(2)17(19)15-7-5-4-6-8-15/h3-8,14,16-17H,1,9-13,19H2,2H3,(H,20,22). The Hall–Kier alpha value is -1.65. The lowest BCUT2D eigenvalue weighted by Crippen LogP contribution is -2.47. The first-order chi connectivity index (χ1) is 10.6. The molecule has 22 heavy (non-hydrogen) atoms. The van der Waals surface area contributed by atoms with Crippen molar-refractivity contribution in [3.8, 4) is 0 Å². The molecule has 0 radical (unpaired) electrons. The third-order valence-corrected chi connectivity index (χ3v) is 4.46. The Bertz CT molecular complexity index is 480. The van der Waals surface area contributed by atoms with Gasteiger partial charge < -0.3 is 11.1 Å². The van der Waals surface area contributed by atoms with E-state index < -0.39 is 0 Å². The molecule has 1 aromatic carbocycles. The number of rotatable bonds is 6. The summed E-state index contributed by atoms with van der Waals surface area (Å²) in [5.74, 6) is -0.174. The zero-order valence-corrected chi connectivity index (χ0v) is 13.4. The number of amides is 1. The van der Waals surface area contributed by atoms with Gasteiger partial charge in [0.15, 0.2) is 0 Å². The maximum absolute atomic E-state index is 12.4. The first-order valence-corrected chi connectivity index (χ1v) is 8.06. The molecule has 120 valence electrons. The summed E-state index contributed by atoms with van der Waals surface area (Å²) in [4.78, 5) is 14.8. The van der Waals surface area contributed by atoms with Crippen LogP contribution in [0.1, 0.15) is 31.4 Å². The number of likely N-dealkylation sites (tertiary alicyclic amines) is 1. The number of hydrogen-bond acceptors (Lipinski definition) is 3. The van der Waals surface area contributed by atoms with Gasteiger partial charge in [-0.3, -0.25) is 9.69 Å². The number of carbonyl (C=O) groups is 1. The van der Waals surface area contributed by atoms with Gasteiger partial charge in [0.1, 0.15) is 0 Å². The highest BCUT2D eigenvalue weighted by molar-refractivity contribution is 5.79. The Labute approximate surface area is 133 Å². The van der Waals surface area contributed by atoms with Crippen molar-refractivity contribution in [3.05, 3.63) is 48.6 Å². The number of nitrogens with one attached hydrogen (secondary N) is 1. The van der Waals surface area contributed by atoms with Gasteiger partial charge in [-0.05, 0) is 18.4 Å². The maximum atomic E-state index is 12.4. The van der Waals surface area contributed by atoms with E-state index in [-0.39, 0.29) is 23.9 Å². The van der Waals surface area contributed by atoms with Crippen LogP contribution in [-0.4, -0.2) is 36.5 Å². The van der Waals surface area contributed by atoms with E-state index in [1.807, 2.05) is 43.3 Å². The van der Waals surface area contributed by atoms with Crippen LogP contribution in [0.4, 0.5) is 0 Å². The number of nitrogens with zero attached hydrogens (tertiary/aromatic N) is 1. The molecule has 1 aliphatic rings. The predicted octanol–water partition coefficient (Wildman–Crippen LogP) is 2.09. The molecule has 0 spiro atoms. The third kappa shape index (κ3) is 4.42. The van der Waals surface area contributed by atoms with E-state index in [4.69, 9.17) is 5.73 Å². The van der Waals surface area contributed by atoms with Crippen LogP contribution in [0.5, 0.6) is 0 Å². The second kappa shape index (κ2) is 8.11. The summed E-state index contributed by atoms with van der Waals surface area (Å²) in [6, 6.07) is 9.81. The molecular weight excluding hydrogens is 274 g/mol. The van der Waals surface area contributed by atoms with Gasteiger partial charge in [0, 0.05) is 31.7 Å². The Balaban J connectivity index is 1.83. The van der Waals surface area contributed by atoms with Crippen molar-refractivity contribution < 1.29 is 4.79 Å². The Morgan fingerprint density at radius 3 is 2.64 bits per heavy atom. The maximum Gasteiger partial charge on any atom is 0.224 e. The van der Waals surface area contributed by atoms with Gasteiger partial charge in [-0.15, -0.1) is 6.58 Å². The average Bonchev–Trinajstić information content (AvgIpc) is 2.56. The van der Waals surface area contributed by atoms with Gasteiger partial charge >= 0.3 is 0 Å². The van der Waals surface area contributed by atoms with Crippen molar-refractivity contribution >= 4 is 5.91 Å². The van der Waals surface area contributed by atoms with Crippen LogP contribution in [0.3, 0.4) is 0 Å². The molecule has 0 aromatic heterocycles. The zero-order chi connectivity index (χ0) is 15.9. The van der Waals surface area contributed by atoms with E-state index in [1.54, 1.807) is 0 Å². The second-order valence-corrected chi connectivity index (χ2v) is 6.10. The predicted molar refractivity (Wildman–Crippen MR) is 90.3 cm³/mol. The first-order valence-electron chi connectivity index (χ1n) is 8.06. The SMILES string of the molecule is C=CCN1CCC(NC(=O)C(C)C(N)c2ccccc2)CC1. The van der Waals surface area contributed by atoms with E-state index in [2.05, 4.69) is 16.8 Å². The normalized spacial score (nSPS) is 19.4. The highest BCUT2D eigenvalue weighted by atomic mass is 16.2. The summed E-state index contributed by atoms with van der Waals surface area (Å²) < 4.78 is 0. The van der Waals surface area contributed by atoms with E-state index in [9.17, 15) is 4.79 Å². The van der Waals surface area contributed by atoms with Crippen LogP contribution >= 0.6 is 0 Å². The van der Waals surface area contributed by atoms with Gasteiger partial charge in [-0.2, -0.15) is 0 Å². The van der Waals surface area contributed by atoms with Crippen molar-refractivity contribution in [1.82, 2.24) is 10.2 Å². The smallest absolute Gasteiger partial charge is 0.224 e. The van der Waals surface area contributed by atoms with E-state index in [0.29, 0.717) is 0 Å². The summed E-state index contributed by atoms with van der Waals surface area (Å²) in [6.45, 7) is 8.62. The van der Waals surface area contributed by atoms with Crippen LogP contribution in [-0.2, 0) is 4.79 Å². The summed E-state index contributed by atoms with van der Waals surface area (Å²) in [6.07, 6.45) is 3.92. The molecule has 3 N–H and O–H groups in total. The lowest BCUT2D eigenvalue weighted by atomic mass is 9.94. The molecule has 1 aliphatic heterocycles. The molecule has 0 saturated carbocycles. The van der Waals surface area contributed by atoms with Crippen LogP contribution in [0.15, 0.2) is 43.0 Å². The molecule has 1 saturated heterocycles. The van der Waals surface area contributed by atoms with Crippen LogP contribution in [0, 0.1) is 5.92 Å². The second-order valence-electron chi connectivity index (χ2n) is 6.10. The summed E-state index contributed by atoms with van der Waals surface area (Å²) in [7, 11) is 0. The molecule has 1 aromatic rings. The van der Waals surface area contributed by atoms with E-state index in [1.165, 1.54) is 0 Å². The molecule has 2 atom stereocenters. The van der Waals surface area contributed by atoms with Crippen LogP contribution < -0.4 is 11.1 Å². The molecule has 2 rings (SSSR count). The fraction of sp³-hybridized carbons (Fsp3) is 0.500.